The van der Waals surface area contributed by atoms with Crippen LogP contribution in [0.4, 0.5) is 5.69 Å². The van der Waals surface area contributed by atoms with Crippen molar-refractivity contribution in [3.05, 3.63) is 82.3 Å². The molecule has 0 amide bonds. The average Bonchev–Trinajstić information content (AvgIpc) is 3.60. The van der Waals surface area contributed by atoms with Gasteiger partial charge in [0.05, 0.1) is 21.1 Å². The van der Waals surface area contributed by atoms with E-state index in [1.807, 2.05) is 50.2 Å². The lowest BCUT2D eigenvalue weighted by molar-refractivity contribution is -0.140. The van der Waals surface area contributed by atoms with Gasteiger partial charge in [-0.1, -0.05) is 79.5 Å². The molecule has 1 saturated carbocycles. The second-order valence-electron chi connectivity index (χ2n) is 8.99. The van der Waals surface area contributed by atoms with E-state index < -0.39 is 21.4 Å². The minimum Gasteiger partial charge on any atom is -0.481 e. The van der Waals surface area contributed by atoms with E-state index in [1.165, 1.54) is 16.4 Å². The van der Waals surface area contributed by atoms with Crippen molar-refractivity contribution in [1.29, 1.82) is 0 Å². The molecule has 1 aliphatic carbocycles. The Kier molecular flexibility index (Phi) is 6.69. The van der Waals surface area contributed by atoms with Gasteiger partial charge in [0.25, 0.3) is 10.0 Å². The summed E-state index contributed by atoms with van der Waals surface area (Å²) < 4.78 is 28.5. The lowest BCUT2D eigenvalue weighted by atomic mass is 9.94. The fourth-order valence-corrected chi connectivity index (χ4v) is 6.79. The topological polar surface area (TPSA) is 74.7 Å². The summed E-state index contributed by atoms with van der Waals surface area (Å²) in [5.74, 6) is -0.720. The molecule has 0 aromatic heterocycles. The summed E-state index contributed by atoms with van der Waals surface area (Å²) in [6.45, 7) is 4.14. The molecule has 0 saturated heterocycles. The number of benzene rings is 3. The van der Waals surface area contributed by atoms with Gasteiger partial charge in [0.1, 0.15) is 4.90 Å². The largest absolute Gasteiger partial charge is 0.481 e. The third-order valence-corrected chi connectivity index (χ3v) is 8.83. The summed E-state index contributed by atoms with van der Waals surface area (Å²) in [5, 5.41) is 9.65. The number of carboxylic acid groups (broad SMARTS) is 1. The molecular formula is C26H25Cl2NO4S. The molecule has 1 N–H and O–H groups in total. The fraction of sp³-hybridized carbons (Fsp3) is 0.269. The molecule has 0 bridgehead atoms. The van der Waals surface area contributed by atoms with Gasteiger partial charge in [0, 0.05) is 6.54 Å². The summed E-state index contributed by atoms with van der Waals surface area (Å²) >= 11 is 12.5. The van der Waals surface area contributed by atoms with Crippen molar-refractivity contribution in [2.24, 2.45) is 5.92 Å². The highest BCUT2D eigenvalue weighted by Gasteiger charge is 2.51. The maximum Gasteiger partial charge on any atom is 0.314 e. The highest BCUT2D eigenvalue weighted by atomic mass is 35.5. The molecule has 0 spiro atoms. The van der Waals surface area contributed by atoms with Gasteiger partial charge >= 0.3 is 5.97 Å². The van der Waals surface area contributed by atoms with Crippen LogP contribution in [0.25, 0.3) is 11.1 Å². The van der Waals surface area contributed by atoms with Crippen LogP contribution in [0, 0.1) is 5.92 Å². The van der Waals surface area contributed by atoms with Crippen molar-refractivity contribution < 1.29 is 18.3 Å². The highest BCUT2D eigenvalue weighted by molar-refractivity contribution is 7.93. The third-order valence-electron chi connectivity index (χ3n) is 6.08. The van der Waals surface area contributed by atoms with Crippen LogP contribution in [-0.2, 0) is 20.2 Å². The molecule has 3 aromatic rings. The first-order valence-electron chi connectivity index (χ1n) is 11.0. The predicted octanol–water partition coefficient (Wildman–Crippen LogP) is 6.63. The monoisotopic (exact) mass is 517 g/mol. The van der Waals surface area contributed by atoms with Crippen LogP contribution in [0.3, 0.4) is 0 Å². The third kappa shape index (κ3) is 4.54. The number of aliphatic carboxylic acids is 1. The molecule has 3 aromatic carbocycles. The second-order valence-corrected chi connectivity index (χ2v) is 11.6. The van der Waals surface area contributed by atoms with Crippen molar-refractivity contribution in [2.75, 3.05) is 10.8 Å². The lowest BCUT2D eigenvalue weighted by Crippen LogP contribution is -2.34. The fourth-order valence-electron chi connectivity index (χ4n) is 4.07. The Labute approximate surface area is 210 Å². The first kappa shape index (κ1) is 24.6. The zero-order valence-corrected chi connectivity index (χ0v) is 21.2. The van der Waals surface area contributed by atoms with Gasteiger partial charge in [0.2, 0.25) is 0 Å². The predicted molar refractivity (Wildman–Crippen MR) is 136 cm³/mol. The van der Waals surface area contributed by atoms with E-state index in [2.05, 4.69) is 0 Å². The molecule has 5 nitrogen and oxygen atoms in total. The summed E-state index contributed by atoms with van der Waals surface area (Å²) in [7, 11) is -4.00. The molecule has 34 heavy (non-hydrogen) atoms. The Morgan fingerprint density at radius 1 is 0.941 bits per heavy atom. The molecule has 178 valence electrons. The van der Waals surface area contributed by atoms with Gasteiger partial charge in [-0.3, -0.25) is 9.10 Å². The Hall–Kier alpha value is -2.54. The minimum atomic E-state index is -4.00. The zero-order valence-electron chi connectivity index (χ0n) is 18.8. The number of hydrogen-bond donors (Lipinski definition) is 1. The van der Waals surface area contributed by atoms with Gasteiger partial charge in [-0.05, 0) is 59.7 Å². The van der Waals surface area contributed by atoms with E-state index >= 15 is 0 Å². The van der Waals surface area contributed by atoms with Crippen LogP contribution in [0.15, 0.2) is 71.6 Å². The Bertz CT molecular complexity index is 1300. The number of halogens is 2. The van der Waals surface area contributed by atoms with E-state index in [9.17, 15) is 18.3 Å². The van der Waals surface area contributed by atoms with Crippen LogP contribution in [0.5, 0.6) is 0 Å². The van der Waals surface area contributed by atoms with Crippen molar-refractivity contribution >= 4 is 44.9 Å². The second kappa shape index (κ2) is 9.25. The van der Waals surface area contributed by atoms with Gasteiger partial charge < -0.3 is 5.11 Å². The SMILES string of the molecule is CC(C)CN(c1ccc(-c2ccc(C3(C(=O)O)CC3)cc2)cc1)S(=O)(=O)c1c(Cl)cccc1Cl. The summed E-state index contributed by atoms with van der Waals surface area (Å²) in [6.07, 6.45) is 1.32. The maximum absolute atomic E-state index is 13.6. The first-order valence-corrected chi connectivity index (χ1v) is 13.2. The van der Waals surface area contributed by atoms with Crippen LogP contribution in [-0.4, -0.2) is 26.0 Å². The summed E-state index contributed by atoms with van der Waals surface area (Å²) in [6, 6.07) is 19.4. The van der Waals surface area contributed by atoms with Gasteiger partial charge in [-0.2, -0.15) is 0 Å². The molecule has 1 fully saturated rings. The molecular weight excluding hydrogens is 493 g/mol. The van der Waals surface area contributed by atoms with Crippen LogP contribution in [0.2, 0.25) is 10.0 Å². The Balaban J connectivity index is 1.66. The summed E-state index contributed by atoms with van der Waals surface area (Å²) in [5.41, 5.74) is 2.39. The van der Waals surface area contributed by atoms with Crippen molar-refractivity contribution in [1.82, 2.24) is 0 Å². The van der Waals surface area contributed by atoms with E-state index in [0.29, 0.717) is 18.5 Å². The van der Waals surface area contributed by atoms with E-state index in [-0.39, 0.29) is 27.4 Å². The molecule has 8 heteroatoms. The Morgan fingerprint density at radius 3 is 1.88 bits per heavy atom. The van der Waals surface area contributed by atoms with Crippen molar-refractivity contribution in [3.8, 4) is 11.1 Å². The number of carboxylic acids is 1. The first-order chi connectivity index (χ1) is 16.1. The molecule has 0 heterocycles. The molecule has 1 aliphatic rings. The standard InChI is InChI=1S/C26H25Cl2NO4S/c1-17(2)16-29(34(32,33)24-22(27)4-3-5-23(24)28)21-12-8-19(9-13-21)18-6-10-20(11-7-18)26(14-15-26)25(30)31/h3-13,17H,14-16H2,1-2H3,(H,30,31). The molecule has 0 unspecified atom stereocenters. The van der Waals surface area contributed by atoms with Crippen molar-refractivity contribution in [3.63, 3.8) is 0 Å². The minimum absolute atomic E-state index is 0.0623. The maximum atomic E-state index is 13.6. The molecule has 0 aliphatic heterocycles. The van der Waals surface area contributed by atoms with E-state index in [4.69, 9.17) is 23.2 Å². The molecule has 0 atom stereocenters. The molecule has 4 rings (SSSR count). The van der Waals surface area contributed by atoms with Crippen LogP contribution in [0.1, 0.15) is 32.3 Å². The average molecular weight is 518 g/mol. The van der Waals surface area contributed by atoms with Crippen LogP contribution < -0.4 is 4.31 Å². The normalized spacial score (nSPS) is 14.7. The molecule has 0 radical (unpaired) electrons. The van der Waals surface area contributed by atoms with Crippen molar-refractivity contribution in [2.45, 2.75) is 37.0 Å². The summed E-state index contributed by atoms with van der Waals surface area (Å²) in [4.78, 5) is 11.5. The van der Waals surface area contributed by atoms with Gasteiger partial charge in [-0.15, -0.1) is 0 Å². The van der Waals surface area contributed by atoms with E-state index in [0.717, 1.165) is 16.7 Å². The zero-order chi connectivity index (χ0) is 24.7. The van der Waals surface area contributed by atoms with Gasteiger partial charge in [-0.25, -0.2) is 8.42 Å². The number of sulfonamides is 1. The van der Waals surface area contributed by atoms with Gasteiger partial charge in [0.15, 0.2) is 0 Å². The number of carbonyl (C=O) groups is 1. The van der Waals surface area contributed by atoms with E-state index in [1.54, 1.807) is 18.2 Å². The quantitative estimate of drug-likeness (QED) is 0.363. The highest BCUT2D eigenvalue weighted by Crippen LogP contribution is 2.48. The number of hydrogen-bond acceptors (Lipinski definition) is 3. The number of anilines is 1. The van der Waals surface area contributed by atoms with Crippen LogP contribution >= 0.6 is 23.2 Å². The smallest absolute Gasteiger partial charge is 0.314 e. The lowest BCUT2D eigenvalue weighted by Gasteiger charge is -2.27. The Morgan fingerprint density at radius 2 is 1.44 bits per heavy atom. The number of nitrogens with zero attached hydrogens (tertiary/aromatic N) is 1. The number of rotatable bonds is 8.